The minimum Gasteiger partial charge on any atom is -0.370 e. The number of hydrogen-bond donors (Lipinski definition) is 1. The maximum absolute atomic E-state index is 14.1. The van der Waals surface area contributed by atoms with Crippen LogP contribution < -0.4 is 10.6 Å². The van der Waals surface area contributed by atoms with Crippen LogP contribution in [0.15, 0.2) is 18.2 Å². The number of hydrogen-bond acceptors (Lipinski definition) is 3. The summed E-state index contributed by atoms with van der Waals surface area (Å²) in [5, 5.41) is 0. The lowest BCUT2D eigenvalue weighted by molar-refractivity contribution is 0.254. The molecule has 2 unspecified atom stereocenters. The highest BCUT2D eigenvalue weighted by Crippen LogP contribution is 2.34. The van der Waals surface area contributed by atoms with Crippen molar-refractivity contribution in [2.45, 2.75) is 44.3 Å². The molecule has 2 N–H and O–H groups in total. The van der Waals surface area contributed by atoms with E-state index in [1.165, 1.54) is 18.9 Å². The third-order valence-electron chi connectivity index (χ3n) is 4.97. The molecular weight excluding hydrogens is 253 g/mol. The Bertz CT molecular complexity index is 489. The van der Waals surface area contributed by atoms with Crippen LogP contribution in [-0.2, 0) is 0 Å². The predicted molar refractivity (Wildman–Crippen MR) is 80.4 cm³/mol. The highest BCUT2D eigenvalue weighted by atomic mass is 19.1. The van der Waals surface area contributed by atoms with E-state index in [9.17, 15) is 4.39 Å². The third kappa shape index (κ3) is 2.31. The number of likely N-dealkylation sites (N-methyl/N-ethyl adjacent to an activating group) is 1. The molecule has 1 aromatic rings. The second kappa shape index (κ2) is 5.34. The molecule has 0 aliphatic carbocycles. The first-order chi connectivity index (χ1) is 9.58. The Morgan fingerprint density at radius 3 is 2.75 bits per heavy atom. The molecule has 2 aliphatic heterocycles. The Kier molecular flexibility index (Phi) is 3.69. The van der Waals surface area contributed by atoms with Gasteiger partial charge in [-0.15, -0.1) is 0 Å². The first-order valence-corrected chi connectivity index (χ1v) is 7.59. The number of benzene rings is 1. The van der Waals surface area contributed by atoms with E-state index in [1.807, 2.05) is 13.0 Å². The molecule has 2 bridgehead atoms. The van der Waals surface area contributed by atoms with Crippen molar-refractivity contribution < 1.29 is 4.39 Å². The van der Waals surface area contributed by atoms with Crippen molar-refractivity contribution in [1.29, 1.82) is 0 Å². The molecule has 3 nitrogen and oxygen atoms in total. The van der Waals surface area contributed by atoms with Crippen LogP contribution in [0.4, 0.5) is 10.1 Å². The fourth-order valence-corrected chi connectivity index (χ4v) is 3.78. The summed E-state index contributed by atoms with van der Waals surface area (Å²) in [6.45, 7) is 3.84. The summed E-state index contributed by atoms with van der Waals surface area (Å²) in [5.41, 5.74) is 7.63. The van der Waals surface area contributed by atoms with Gasteiger partial charge in [-0.25, -0.2) is 4.39 Å². The largest absolute Gasteiger partial charge is 0.370 e. The molecule has 0 saturated carbocycles. The fourth-order valence-electron chi connectivity index (χ4n) is 3.78. The maximum atomic E-state index is 14.1. The molecule has 0 radical (unpaired) electrons. The Morgan fingerprint density at radius 2 is 2.00 bits per heavy atom. The molecule has 20 heavy (non-hydrogen) atoms. The van der Waals surface area contributed by atoms with Gasteiger partial charge >= 0.3 is 0 Å². The van der Waals surface area contributed by atoms with E-state index in [2.05, 4.69) is 16.8 Å². The Labute approximate surface area is 120 Å². The summed E-state index contributed by atoms with van der Waals surface area (Å²) in [6.07, 6.45) is 3.71. The van der Waals surface area contributed by atoms with Gasteiger partial charge in [0.25, 0.3) is 0 Å². The van der Waals surface area contributed by atoms with Crippen LogP contribution in [0, 0.1) is 5.82 Å². The van der Waals surface area contributed by atoms with Gasteiger partial charge in [-0.05, 0) is 45.4 Å². The Hall–Kier alpha value is -1.13. The molecule has 1 aromatic carbocycles. The van der Waals surface area contributed by atoms with Crippen LogP contribution in [0.1, 0.15) is 37.8 Å². The van der Waals surface area contributed by atoms with Gasteiger partial charge in [-0.3, -0.25) is 4.90 Å². The molecule has 0 amide bonds. The van der Waals surface area contributed by atoms with Crippen LogP contribution in [-0.4, -0.2) is 37.1 Å². The summed E-state index contributed by atoms with van der Waals surface area (Å²) in [7, 11) is 2.23. The summed E-state index contributed by atoms with van der Waals surface area (Å²) in [5.74, 6) is -0.180. The highest BCUT2D eigenvalue weighted by molar-refractivity contribution is 5.56. The van der Waals surface area contributed by atoms with Crippen LogP contribution in [0.25, 0.3) is 0 Å². The fraction of sp³-hybridized carbons (Fsp3) is 0.625. The summed E-state index contributed by atoms with van der Waals surface area (Å²) in [4.78, 5) is 4.84. The van der Waals surface area contributed by atoms with Crippen LogP contribution in [0.5, 0.6) is 0 Å². The van der Waals surface area contributed by atoms with Crippen LogP contribution >= 0.6 is 0 Å². The normalized spacial score (nSPS) is 28.5. The van der Waals surface area contributed by atoms with E-state index in [0.717, 1.165) is 25.2 Å². The van der Waals surface area contributed by atoms with E-state index in [1.54, 1.807) is 6.07 Å². The van der Waals surface area contributed by atoms with E-state index < -0.39 is 0 Å². The van der Waals surface area contributed by atoms with Crippen molar-refractivity contribution in [3.8, 4) is 0 Å². The minimum atomic E-state index is -0.274. The second-order valence-corrected chi connectivity index (χ2v) is 6.25. The Morgan fingerprint density at radius 1 is 1.25 bits per heavy atom. The van der Waals surface area contributed by atoms with Crippen molar-refractivity contribution in [1.82, 2.24) is 4.90 Å². The molecule has 2 saturated heterocycles. The number of anilines is 1. The van der Waals surface area contributed by atoms with Crippen LogP contribution in [0.2, 0.25) is 0 Å². The molecule has 3 atom stereocenters. The van der Waals surface area contributed by atoms with E-state index in [4.69, 9.17) is 5.73 Å². The molecule has 2 aliphatic rings. The third-order valence-corrected chi connectivity index (χ3v) is 4.97. The van der Waals surface area contributed by atoms with Crippen molar-refractivity contribution in [2.24, 2.45) is 5.73 Å². The van der Waals surface area contributed by atoms with Gasteiger partial charge < -0.3 is 10.6 Å². The van der Waals surface area contributed by atoms with Gasteiger partial charge in [0.15, 0.2) is 0 Å². The Balaban J connectivity index is 1.92. The van der Waals surface area contributed by atoms with E-state index in [-0.39, 0.29) is 11.9 Å². The van der Waals surface area contributed by atoms with Gasteiger partial charge in [0, 0.05) is 42.5 Å². The zero-order valence-corrected chi connectivity index (χ0v) is 12.3. The first-order valence-electron chi connectivity index (χ1n) is 7.59. The van der Waals surface area contributed by atoms with Crippen molar-refractivity contribution in [2.75, 3.05) is 25.0 Å². The number of nitrogens with two attached hydrogens (primary N) is 1. The number of halogens is 1. The average Bonchev–Trinajstić information content (AvgIpc) is 2.62. The van der Waals surface area contributed by atoms with Gasteiger partial charge in [0.1, 0.15) is 5.82 Å². The van der Waals surface area contributed by atoms with Crippen molar-refractivity contribution in [3.63, 3.8) is 0 Å². The topological polar surface area (TPSA) is 32.5 Å². The van der Waals surface area contributed by atoms with Crippen LogP contribution in [0.3, 0.4) is 0 Å². The molecule has 2 heterocycles. The smallest absolute Gasteiger partial charge is 0.130 e. The summed E-state index contributed by atoms with van der Waals surface area (Å²) < 4.78 is 14.1. The van der Waals surface area contributed by atoms with E-state index in [0.29, 0.717) is 17.6 Å². The summed E-state index contributed by atoms with van der Waals surface area (Å²) >= 11 is 0. The molecular formula is C16H24FN3. The average molecular weight is 277 g/mol. The minimum absolute atomic E-state index is 0.180. The summed E-state index contributed by atoms with van der Waals surface area (Å²) in [6, 6.07) is 6.33. The standard InChI is InChI=1S/C16H24FN3/c1-11(18)16-14(17)4-3-5-15(16)20-9-8-12-6-7-13(10-20)19(12)2/h3-5,11-13H,6-10,18H2,1-2H3/t11-,12?,13?/m1/s1. The molecule has 4 heteroatoms. The molecule has 0 aromatic heterocycles. The molecule has 2 fully saturated rings. The highest BCUT2D eigenvalue weighted by Gasteiger charge is 2.35. The molecule has 110 valence electrons. The number of rotatable bonds is 2. The lowest BCUT2D eigenvalue weighted by Gasteiger charge is -2.30. The van der Waals surface area contributed by atoms with E-state index >= 15 is 0 Å². The van der Waals surface area contributed by atoms with Gasteiger partial charge in [-0.1, -0.05) is 6.07 Å². The number of nitrogens with zero attached hydrogens (tertiary/aromatic N) is 2. The van der Waals surface area contributed by atoms with Gasteiger partial charge in [0.2, 0.25) is 0 Å². The quantitative estimate of drug-likeness (QED) is 0.901. The number of fused-ring (bicyclic) bond motifs is 2. The van der Waals surface area contributed by atoms with Gasteiger partial charge in [0.05, 0.1) is 0 Å². The lowest BCUT2D eigenvalue weighted by Crippen LogP contribution is -2.37. The van der Waals surface area contributed by atoms with Crippen molar-refractivity contribution in [3.05, 3.63) is 29.6 Å². The monoisotopic (exact) mass is 277 g/mol. The molecule has 0 spiro atoms. The second-order valence-electron chi connectivity index (χ2n) is 6.25. The van der Waals surface area contributed by atoms with Gasteiger partial charge in [-0.2, -0.15) is 0 Å². The molecule has 3 rings (SSSR count). The lowest BCUT2D eigenvalue weighted by atomic mass is 10.0. The maximum Gasteiger partial charge on any atom is 0.130 e. The SMILES string of the molecule is C[C@@H](N)c1c(F)cccc1N1CCC2CCC(C1)N2C. The zero-order chi connectivity index (χ0) is 14.3. The van der Waals surface area contributed by atoms with Crippen molar-refractivity contribution >= 4 is 5.69 Å². The zero-order valence-electron chi connectivity index (χ0n) is 12.3. The first kappa shape index (κ1) is 13.8. The predicted octanol–water partition coefficient (Wildman–Crippen LogP) is 2.52.